The maximum Gasteiger partial charge on any atom is 0.162 e. The molecule has 0 amide bonds. The molecule has 0 aromatic heterocycles. The Bertz CT molecular complexity index is 409. The highest BCUT2D eigenvalue weighted by Gasteiger charge is 2.19. The molecule has 0 aliphatic heterocycles. The minimum Gasteiger partial charge on any atom is -0.390 e. The van der Waals surface area contributed by atoms with Gasteiger partial charge in [-0.3, -0.25) is 4.79 Å². The van der Waals surface area contributed by atoms with Gasteiger partial charge in [-0.1, -0.05) is 22.0 Å². The zero-order valence-electron chi connectivity index (χ0n) is 9.36. The van der Waals surface area contributed by atoms with E-state index in [9.17, 15) is 19.4 Å². The van der Waals surface area contributed by atoms with Crippen molar-refractivity contribution in [3.8, 4) is 0 Å². The normalized spacial score (nSPS) is 14.4. The van der Waals surface area contributed by atoms with E-state index in [2.05, 4.69) is 15.9 Å². The first kappa shape index (κ1) is 14.3. The van der Waals surface area contributed by atoms with E-state index in [1.54, 1.807) is 0 Å². The lowest BCUT2D eigenvalue weighted by Gasteiger charge is -2.17. The topological polar surface area (TPSA) is 57.5 Å². The first-order chi connectivity index (χ1) is 7.97. The first-order valence-electron chi connectivity index (χ1n) is 5.20. The van der Waals surface area contributed by atoms with E-state index in [-0.39, 0.29) is 5.56 Å². The number of rotatable bonds is 5. The predicted octanol–water partition coefficient (Wildman–Crippen LogP) is 2.21. The molecule has 1 rings (SSSR count). The van der Waals surface area contributed by atoms with E-state index in [0.29, 0.717) is 17.3 Å². The molecule has 2 N–H and O–H groups in total. The second kappa shape index (κ2) is 6.23. The van der Waals surface area contributed by atoms with Crippen LogP contribution in [0.25, 0.3) is 0 Å². The fourth-order valence-corrected chi connectivity index (χ4v) is 1.96. The van der Waals surface area contributed by atoms with Crippen LogP contribution < -0.4 is 0 Å². The number of aliphatic hydroxyl groups is 2. The fraction of sp³-hybridized carbons (Fsp3) is 0.417. The van der Waals surface area contributed by atoms with Crippen molar-refractivity contribution < 1.29 is 19.4 Å². The second-order valence-corrected chi connectivity index (χ2v) is 4.58. The smallest absolute Gasteiger partial charge is 0.162 e. The molecule has 0 heterocycles. The van der Waals surface area contributed by atoms with Crippen LogP contribution in [0, 0.1) is 5.82 Å². The largest absolute Gasteiger partial charge is 0.390 e. The van der Waals surface area contributed by atoms with Crippen LogP contribution in [0.3, 0.4) is 0 Å². The zero-order chi connectivity index (χ0) is 13.0. The molecule has 2 unspecified atom stereocenters. The molecule has 0 spiro atoms. The third-order valence-corrected chi connectivity index (χ3v) is 2.94. The Morgan fingerprint density at radius 2 is 2.12 bits per heavy atom. The monoisotopic (exact) mass is 304 g/mol. The molecule has 0 radical (unpaired) electrons. The first-order valence-corrected chi connectivity index (χ1v) is 6.32. The highest BCUT2D eigenvalue weighted by molar-refractivity contribution is 9.09. The number of alkyl halides is 1. The van der Waals surface area contributed by atoms with Gasteiger partial charge in [0.2, 0.25) is 0 Å². The van der Waals surface area contributed by atoms with Gasteiger partial charge in [0.25, 0.3) is 0 Å². The van der Waals surface area contributed by atoms with Gasteiger partial charge >= 0.3 is 0 Å². The van der Waals surface area contributed by atoms with Gasteiger partial charge in [0.1, 0.15) is 11.9 Å². The standard InChI is InChI=1S/C12H14BrFO3/c1-7(15)9-6-8(2-3-10(9)14)12(17)11(16)4-5-13/h2-3,6,11-12,16-17H,4-5H2,1H3. The number of aliphatic hydroxyl groups excluding tert-OH is 2. The molecule has 0 aliphatic rings. The molecule has 0 bridgehead atoms. The molecule has 0 saturated heterocycles. The van der Waals surface area contributed by atoms with Crippen molar-refractivity contribution in [2.45, 2.75) is 25.6 Å². The van der Waals surface area contributed by atoms with Crippen molar-refractivity contribution in [2.24, 2.45) is 0 Å². The molecule has 2 atom stereocenters. The lowest BCUT2D eigenvalue weighted by atomic mass is 9.99. The Morgan fingerprint density at radius 1 is 1.47 bits per heavy atom. The molecule has 1 aromatic rings. The van der Waals surface area contributed by atoms with Gasteiger partial charge in [0.15, 0.2) is 5.78 Å². The van der Waals surface area contributed by atoms with Crippen molar-refractivity contribution in [3.63, 3.8) is 0 Å². The lowest BCUT2D eigenvalue weighted by molar-refractivity contribution is 0.0173. The summed E-state index contributed by atoms with van der Waals surface area (Å²) >= 11 is 3.15. The number of hydrogen-bond donors (Lipinski definition) is 2. The highest BCUT2D eigenvalue weighted by atomic mass is 79.9. The van der Waals surface area contributed by atoms with Gasteiger partial charge in [0.05, 0.1) is 11.7 Å². The maximum atomic E-state index is 13.3. The number of halogens is 2. The van der Waals surface area contributed by atoms with Gasteiger partial charge in [-0.2, -0.15) is 0 Å². The quantitative estimate of drug-likeness (QED) is 0.648. The predicted molar refractivity (Wildman–Crippen MR) is 65.8 cm³/mol. The minimum atomic E-state index is -1.12. The van der Waals surface area contributed by atoms with Crippen molar-refractivity contribution in [3.05, 3.63) is 35.1 Å². The number of carbonyl (C=O) groups is 1. The Morgan fingerprint density at radius 3 is 2.65 bits per heavy atom. The summed E-state index contributed by atoms with van der Waals surface area (Å²) in [6, 6.07) is 3.76. The summed E-state index contributed by atoms with van der Waals surface area (Å²) in [4.78, 5) is 11.1. The Hall–Kier alpha value is -0.780. The number of hydrogen-bond acceptors (Lipinski definition) is 3. The van der Waals surface area contributed by atoms with E-state index >= 15 is 0 Å². The van der Waals surface area contributed by atoms with E-state index in [1.165, 1.54) is 19.1 Å². The molecular weight excluding hydrogens is 291 g/mol. The van der Waals surface area contributed by atoms with Crippen molar-refractivity contribution in [1.82, 2.24) is 0 Å². The third-order valence-electron chi connectivity index (χ3n) is 2.48. The van der Waals surface area contributed by atoms with E-state index in [0.717, 1.165) is 6.07 Å². The number of ketones is 1. The molecule has 0 fully saturated rings. The summed E-state index contributed by atoms with van der Waals surface area (Å²) in [5, 5.41) is 20.0. The van der Waals surface area contributed by atoms with E-state index < -0.39 is 23.8 Å². The van der Waals surface area contributed by atoms with Crippen LogP contribution in [0.5, 0.6) is 0 Å². The fourth-order valence-electron chi connectivity index (χ4n) is 1.49. The summed E-state index contributed by atoms with van der Waals surface area (Å²) in [5.41, 5.74) is 0.262. The molecule has 1 aromatic carbocycles. The molecule has 0 saturated carbocycles. The third kappa shape index (κ3) is 3.59. The zero-order valence-corrected chi connectivity index (χ0v) is 10.9. The van der Waals surface area contributed by atoms with Gasteiger partial charge < -0.3 is 10.2 Å². The molecule has 5 heteroatoms. The summed E-state index contributed by atoms with van der Waals surface area (Å²) in [6.07, 6.45) is -1.69. The summed E-state index contributed by atoms with van der Waals surface area (Å²) in [6.45, 7) is 1.25. The van der Waals surface area contributed by atoms with Crippen LogP contribution in [-0.2, 0) is 0 Å². The molecule has 94 valence electrons. The van der Waals surface area contributed by atoms with Gasteiger partial charge in [-0.25, -0.2) is 4.39 Å². The van der Waals surface area contributed by atoms with Crippen LogP contribution in [0.15, 0.2) is 18.2 Å². The van der Waals surface area contributed by atoms with E-state index in [1.807, 2.05) is 0 Å². The molecular formula is C12H14BrFO3. The summed E-state index contributed by atoms with van der Waals surface area (Å²) in [5.74, 6) is -1.03. The Labute approximate surface area is 107 Å². The summed E-state index contributed by atoms with van der Waals surface area (Å²) < 4.78 is 13.3. The SMILES string of the molecule is CC(=O)c1cc(C(O)C(O)CCBr)ccc1F. The summed E-state index contributed by atoms with van der Waals surface area (Å²) in [7, 11) is 0. The van der Waals surface area contributed by atoms with Gasteiger partial charge in [0, 0.05) is 5.33 Å². The van der Waals surface area contributed by atoms with Gasteiger partial charge in [-0.05, 0) is 31.0 Å². The van der Waals surface area contributed by atoms with Crippen LogP contribution in [0.4, 0.5) is 4.39 Å². The number of Topliss-reactive ketones (excluding diaryl/α,β-unsaturated/α-hetero) is 1. The van der Waals surface area contributed by atoms with E-state index in [4.69, 9.17) is 0 Å². The Balaban J connectivity index is 2.99. The molecule has 0 aliphatic carbocycles. The average molecular weight is 305 g/mol. The number of benzene rings is 1. The van der Waals surface area contributed by atoms with Crippen LogP contribution in [-0.4, -0.2) is 27.4 Å². The van der Waals surface area contributed by atoms with Crippen molar-refractivity contribution >= 4 is 21.7 Å². The molecule has 17 heavy (non-hydrogen) atoms. The van der Waals surface area contributed by atoms with Crippen LogP contribution >= 0.6 is 15.9 Å². The molecule has 3 nitrogen and oxygen atoms in total. The van der Waals surface area contributed by atoms with Crippen molar-refractivity contribution in [1.29, 1.82) is 0 Å². The Kier molecular flexibility index (Phi) is 5.24. The maximum absolute atomic E-state index is 13.3. The number of carbonyl (C=O) groups excluding carboxylic acids is 1. The lowest BCUT2D eigenvalue weighted by Crippen LogP contribution is -2.19. The van der Waals surface area contributed by atoms with Crippen molar-refractivity contribution in [2.75, 3.05) is 5.33 Å². The van der Waals surface area contributed by atoms with Gasteiger partial charge in [-0.15, -0.1) is 0 Å². The average Bonchev–Trinajstić information content (AvgIpc) is 2.28. The highest BCUT2D eigenvalue weighted by Crippen LogP contribution is 2.22. The van der Waals surface area contributed by atoms with Crippen LogP contribution in [0.2, 0.25) is 0 Å². The second-order valence-electron chi connectivity index (χ2n) is 3.79. The minimum absolute atomic E-state index is 0.0763. The van der Waals surface area contributed by atoms with Crippen LogP contribution in [0.1, 0.15) is 35.4 Å².